The molecule has 0 aromatic heterocycles. The molecule has 2 N–H and O–H groups in total. The van der Waals surface area contributed by atoms with E-state index in [2.05, 4.69) is 5.32 Å². The van der Waals surface area contributed by atoms with E-state index in [4.69, 9.17) is 4.74 Å². The smallest absolute Gasteiger partial charge is 0.365 e. The number of nitro groups is 1. The second-order valence-electron chi connectivity index (χ2n) is 6.41. The van der Waals surface area contributed by atoms with Gasteiger partial charge in [-0.3, -0.25) is 14.9 Å². The summed E-state index contributed by atoms with van der Waals surface area (Å²) in [5.41, 5.74) is 2.62. The van der Waals surface area contributed by atoms with Crippen LogP contribution in [0.3, 0.4) is 0 Å². The molecule has 2 aromatic carbocycles. The first-order valence-electron chi connectivity index (χ1n) is 8.51. The topological polar surface area (TPSA) is 103 Å². The van der Waals surface area contributed by atoms with Crippen LogP contribution < -0.4 is 10.2 Å². The number of hydrogen-bond acceptors (Lipinski definition) is 5. The minimum Gasteiger partial charge on any atom is -0.465 e. The molecule has 0 fully saturated rings. The number of rotatable bonds is 5. The van der Waals surface area contributed by atoms with Gasteiger partial charge in [0.2, 0.25) is 0 Å². The molecule has 0 bridgehead atoms. The van der Waals surface area contributed by atoms with Crippen LogP contribution in [0, 0.1) is 10.1 Å². The maximum Gasteiger partial charge on any atom is 0.365 e. The minimum absolute atomic E-state index is 0.0444. The van der Waals surface area contributed by atoms with Crippen molar-refractivity contribution in [1.82, 2.24) is 0 Å². The molecule has 3 rings (SSSR count). The van der Waals surface area contributed by atoms with Gasteiger partial charge >= 0.3 is 5.97 Å². The quantitative estimate of drug-likeness (QED) is 0.459. The van der Waals surface area contributed by atoms with Crippen molar-refractivity contribution >= 4 is 23.3 Å². The summed E-state index contributed by atoms with van der Waals surface area (Å²) in [5, 5.41) is 13.4. The van der Waals surface area contributed by atoms with Crippen LogP contribution in [0.15, 0.2) is 48.5 Å². The summed E-state index contributed by atoms with van der Waals surface area (Å²) >= 11 is 0. The van der Waals surface area contributed by atoms with Crippen LogP contribution in [0.1, 0.15) is 11.1 Å². The number of fused-ring (bicyclic) bond motifs is 1. The van der Waals surface area contributed by atoms with Crippen molar-refractivity contribution in [2.75, 3.05) is 19.0 Å². The highest BCUT2D eigenvalue weighted by molar-refractivity contribution is 5.91. The van der Waals surface area contributed by atoms with Gasteiger partial charge in [-0.25, -0.2) is 4.79 Å². The summed E-state index contributed by atoms with van der Waals surface area (Å²) in [6.07, 6.45) is 0.517. The second kappa shape index (κ2) is 7.96. The lowest BCUT2D eigenvalue weighted by atomic mass is 9.94. The Morgan fingerprint density at radius 3 is 2.48 bits per heavy atom. The Bertz CT molecular complexity index is 866. The Morgan fingerprint density at radius 1 is 1.19 bits per heavy atom. The Balaban J connectivity index is 1.71. The number of esters is 1. The van der Waals surface area contributed by atoms with E-state index in [0.717, 1.165) is 16.0 Å². The van der Waals surface area contributed by atoms with Crippen LogP contribution in [0.4, 0.5) is 11.4 Å². The maximum atomic E-state index is 12.5. The third kappa shape index (κ3) is 4.29. The SMILES string of the molecule is COC(=O)[C@H]1Cc2ccccc2C[NH+]1CC(=O)Nc1ccc([N+](=O)[O-])cc1. The van der Waals surface area contributed by atoms with E-state index in [1.807, 2.05) is 24.3 Å². The number of quaternary nitrogens is 1. The van der Waals surface area contributed by atoms with Crippen LogP contribution >= 0.6 is 0 Å². The number of nitro benzene ring substituents is 1. The zero-order chi connectivity index (χ0) is 19.4. The molecule has 27 heavy (non-hydrogen) atoms. The molecule has 0 saturated heterocycles. The molecule has 2 aromatic rings. The number of nitrogens with zero attached hydrogens (tertiary/aromatic N) is 1. The molecular weight excluding hydrogens is 350 g/mol. The lowest BCUT2D eigenvalue weighted by Crippen LogP contribution is -3.17. The zero-order valence-corrected chi connectivity index (χ0v) is 14.8. The van der Waals surface area contributed by atoms with Crippen LogP contribution in [0.2, 0.25) is 0 Å². The van der Waals surface area contributed by atoms with Crippen LogP contribution in [-0.2, 0) is 27.3 Å². The van der Waals surface area contributed by atoms with Crippen molar-refractivity contribution in [3.8, 4) is 0 Å². The molecule has 0 aliphatic carbocycles. The first-order chi connectivity index (χ1) is 13.0. The molecular formula is C19H20N3O5+. The number of non-ortho nitro benzene ring substituents is 1. The zero-order valence-electron chi connectivity index (χ0n) is 14.8. The van der Waals surface area contributed by atoms with Gasteiger partial charge in [0, 0.05) is 29.8 Å². The fourth-order valence-corrected chi connectivity index (χ4v) is 3.32. The summed E-state index contributed by atoms with van der Waals surface area (Å²) in [4.78, 5) is 35.6. The van der Waals surface area contributed by atoms with Crippen molar-refractivity contribution in [3.05, 3.63) is 69.8 Å². The Morgan fingerprint density at radius 2 is 1.85 bits per heavy atom. The van der Waals surface area contributed by atoms with Gasteiger partial charge in [-0.1, -0.05) is 24.3 Å². The number of benzene rings is 2. The van der Waals surface area contributed by atoms with Gasteiger partial charge in [-0.05, 0) is 17.7 Å². The molecule has 8 nitrogen and oxygen atoms in total. The fourth-order valence-electron chi connectivity index (χ4n) is 3.32. The van der Waals surface area contributed by atoms with E-state index < -0.39 is 11.0 Å². The van der Waals surface area contributed by atoms with Gasteiger partial charge in [0.15, 0.2) is 12.6 Å². The highest BCUT2D eigenvalue weighted by atomic mass is 16.6. The van der Waals surface area contributed by atoms with Crippen molar-refractivity contribution in [1.29, 1.82) is 0 Å². The Hall–Kier alpha value is -3.26. The highest BCUT2D eigenvalue weighted by Gasteiger charge is 2.37. The number of methoxy groups -OCH3 is 1. The average Bonchev–Trinajstić information content (AvgIpc) is 2.67. The monoisotopic (exact) mass is 370 g/mol. The third-order valence-corrected chi connectivity index (χ3v) is 4.69. The predicted molar refractivity (Wildman–Crippen MR) is 97.2 cm³/mol. The van der Waals surface area contributed by atoms with Crippen molar-refractivity contribution < 1.29 is 24.1 Å². The molecule has 0 saturated carbocycles. The van der Waals surface area contributed by atoms with E-state index in [1.165, 1.54) is 31.4 Å². The molecule has 1 aliphatic rings. The highest BCUT2D eigenvalue weighted by Crippen LogP contribution is 2.16. The first-order valence-corrected chi connectivity index (χ1v) is 8.51. The lowest BCUT2D eigenvalue weighted by molar-refractivity contribution is -0.924. The van der Waals surface area contributed by atoms with Gasteiger partial charge < -0.3 is 15.0 Å². The number of nitrogens with one attached hydrogen (secondary N) is 2. The third-order valence-electron chi connectivity index (χ3n) is 4.69. The largest absolute Gasteiger partial charge is 0.465 e. The Labute approximate surface area is 155 Å². The summed E-state index contributed by atoms with van der Waals surface area (Å²) < 4.78 is 4.92. The fraction of sp³-hybridized carbons (Fsp3) is 0.263. The summed E-state index contributed by atoms with van der Waals surface area (Å²) in [6, 6.07) is 13.0. The average molecular weight is 370 g/mol. The van der Waals surface area contributed by atoms with Crippen molar-refractivity contribution in [3.63, 3.8) is 0 Å². The molecule has 1 heterocycles. The lowest BCUT2D eigenvalue weighted by Gasteiger charge is -2.31. The number of anilines is 1. The van der Waals surface area contributed by atoms with E-state index in [9.17, 15) is 19.7 Å². The first kappa shape index (κ1) is 18.5. The van der Waals surface area contributed by atoms with Crippen molar-refractivity contribution in [2.45, 2.75) is 19.0 Å². The molecule has 0 radical (unpaired) electrons. The van der Waals surface area contributed by atoms with E-state index >= 15 is 0 Å². The molecule has 0 spiro atoms. The predicted octanol–water partition coefficient (Wildman–Crippen LogP) is 0.716. The summed E-state index contributed by atoms with van der Waals surface area (Å²) in [6.45, 7) is 0.634. The van der Waals surface area contributed by atoms with E-state index in [-0.39, 0.29) is 24.1 Å². The molecule has 1 aliphatic heterocycles. The van der Waals surface area contributed by atoms with Gasteiger partial charge in [0.25, 0.3) is 11.6 Å². The van der Waals surface area contributed by atoms with Gasteiger partial charge in [0.1, 0.15) is 6.54 Å². The van der Waals surface area contributed by atoms with Crippen molar-refractivity contribution in [2.24, 2.45) is 0 Å². The number of ether oxygens (including phenoxy) is 1. The summed E-state index contributed by atoms with van der Waals surface area (Å²) in [5.74, 6) is -0.616. The number of carbonyl (C=O) groups excluding carboxylic acids is 2. The van der Waals surface area contributed by atoms with Gasteiger partial charge in [0.05, 0.1) is 12.0 Å². The minimum atomic E-state index is -0.498. The molecule has 1 unspecified atom stereocenters. The molecule has 2 atom stereocenters. The Kier molecular flexibility index (Phi) is 5.46. The van der Waals surface area contributed by atoms with Gasteiger partial charge in [-0.15, -0.1) is 0 Å². The summed E-state index contributed by atoms with van der Waals surface area (Å²) in [7, 11) is 1.34. The second-order valence-corrected chi connectivity index (χ2v) is 6.41. The van der Waals surface area contributed by atoms with E-state index in [1.54, 1.807) is 0 Å². The molecule has 8 heteroatoms. The molecule has 1 amide bonds. The van der Waals surface area contributed by atoms with Crippen LogP contribution in [0.5, 0.6) is 0 Å². The normalized spacial score (nSPS) is 18.3. The van der Waals surface area contributed by atoms with Crippen LogP contribution in [0.25, 0.3) is 0 Å². The standard InChI is InChI=1S/C19H19N3O5/c1-27-19(24)17-10-13-4-2-3-5-14(13)11-21(17)12-18(23)20-15-6-8-16(9-7-15)22(25)26/h2-9,17H,10-12H2,1H3,(H,20,23)/p+1/t17-/m1/s1. The number of hydrogen-bond donors (Lipinski definition) is 2. The van der Waals surface area contributed by atoms with E-state index in [0.29, 0.717) is 18.7 Å². The van der Waals surface area contributed by atoms with Gasteiger partial charge in [-0.2, -0.15) is 0 Å². The van der Waals surface area contributed by atoms with Crippen LogP contribution in [-0.4, -0.2) is 36.5 Å². The molecule has 140 valence electrons. The maximum absolute atomic E-state index is 12.5. The number of carbonyl (C=O) groups is 2. The number of amides is 1.